The van der Waals surface area contributed by atoms with E-state index in [1.807, 2.05) is 31.2 Å². The van der Waals surface area contributed by atoms with Crippen LogP contribution in [0.3, 0.4) is 0 Å². The van der Waals surface area contributed by atoms with E-state index in [9.17, 15) is 13.2 Å². The number of carbonyl (C=O) groups is 1. The number of benzene rings is 2. The minimum absolute atomic E-state index is 0.0254. The van der Waals surface area contributed by atoms with Crippen molar-refractivity contribution in [1.82, 2.24) is 4.72 Å². The first-order chi connectivity index (χ1) is 10.9. The fraction of sp³-hybridized carbons (Fsp3) is 0.235. The third kappa shape index (κ3) is 4.91. The van der Waals surface area contributed by atoms with Crippen LogP contribution in [0.5, 0.6) is 0 Å². The van der Waals surface area contributed by atoms with Gasteiger partial charge in [0.25, 0.3) is 0 Å². The molecule has 0 aromatic heterocycles. The van der Waals surface area contributed by atoms with Crippen LogP contribution in [-0.2, 0) is 27.8 Å². The Bertz CT molecular complexity index is 782. The SMILES string of the molecule is Cc1ccccc1CNS(=O)(=O)c1ccc(CCC(=O)O)cc1. The van der Waals surface area contributed by atoms with Crippen LogP contribution in [0.2, 0.25) is 0 Å². The van der Waals surface area contributed by atoms with Gasteiger partial charge in [-0.1, -0.05) is 36.4 Å². The molecule has 23 heavy (non-hydrogen) atoms. The van der Waals surface area contributed by atoms with Gasteiger partial charge in [-0.25, -0.2) is 13.1 Å². The number of sulfonamides is 1. The molecular weight excluding hydrogens is 314 g/mol. The van der Waals surface area contributed by atoms with Crippen molar-refractivity contribution in [2.24, 2.45) is 0 Å². The number of carboxylic acid groups (broad SMARTS) is 1. The standard InChI is InChI=1S/C17H19NO4S/c1-13-4-2-3-5-15(13)12-18-23(21,22)16-9-6-14(7-10-16)8-11-17(19)20/h2-7,9-10,18H,8,11-12H2,1H3,(H,19,20). The Morgan fingerprint density at radius 2 is 1.74 bits per heavy atom. The first-order valence-corrected chi connectivity index (χ1v) is 8.72. The van der Waals surface area contributed by atoms with Gasteiger partial charge in [0.1, 0.15) is 0 Å². The third-order valence-corrected chi connectivity index (χ3v) is 4.99. The molecule has 2 rings (SSSR count). The number of aliphatic carboxylic acids is 1. The summed E-state index contributed by atoms with van der Waals surface area (Å²) < 4.78 is 27.2. The van der Waals surface area contributed by atoms with Crippen molar-refractivity contribution in [1.29, 1.82) is 0 Å². The van der Waals surface area contributed by atoms with Crippen molar-refractivity contribution in [2.75, 3.05) is 0 Å². The Morgan fingerprint density at radius 1 is 1.09 bits per heavy atom. The van der Waals surface area contributed by atoms with Crippen LogP contribution >= 0.6 is 0 Å². The number of hydrogen-bond acceptors (Lipinski definition) is 3. The zero-order valence-electron chi connectivity index (χ0n) is 12.8. The highest BCUT2D eigenvalue weighted by atomic mass is 32.2. The van der Waals surface area contributed by atoms with Crippen LogP contribution in [0.25, 0.3) is 0 Å². The molecule has 2 aromatic carbocycles. The quantitative estimate of drug-likeness (QED) is 0.815. The van der Waals surface area contributed by atoms with E-state index in [4.69, 9.17) is 5.11 Å². The van der Waals surface area contributed by atoms with Crippen molar-refractivity contribution in [3.05, 3.63) is 65.2 Å². The average molecular weight is 333 g/mol. The van der Waals surface area contributed by atoms with E-state index in [0.717, 1.165) is 16.7 Å². The number of rotatable bonds is 7. The molecule has 2 N–H and O–H groups in total. The van der Waals surface area contributed by atoms with Crippen LogP contribution < -0.4 is 4.72 Å². The lowest BCUT2D eigenvalue weighted by Gasteiger charge is -2.09. The molecule has 0 aliphatic heterocycles. The summed E-state index contributed by atoms with van der Waals surface area (Å²) in [5.74, 6) is -0.874. The molecule has 0 heterocycles. The molecule has 0 spiro atoms. The highest BCUT2D eigenvalue weighted by Gasteiger charge is 2.14. The van der Waals surface area contributed by atoms with Crippen LogP contribution in [0.1, 0.15) is 23.1 Å². The smallest absolute Gasteiger partial charge is 0.303 e. The van der Waals surface area contributed by atoms with Crippen molar-refractivity contribution >= 4 is 16.0 Å². The maximum atomic E-state index is 12.3. The van der Waals surface area contributed by atoms with Crippen LogP contribution in [0.4, 0.5) is 0 Å². The maximum Gasteiger partial charge on any atom is 0.303 e. The minimum atomic E-state index is -3.59. The van der Waals surface area contributed by atoms with Gasteiger partial charge in [-0.3, -0.25) is 4.79 Å². The zero-order valence-corrected chi connectivity index (χ0v) is 13.6. The van der Waals surface area contributed by atoms with E-state index in [-0.39, 0.29) is 17.9 Å². The average Bonchev–Trinajstić information content (AvgIpc) is 2.52. The Kier molecular flexibility index (Phi) is 5.52. The first-order valence-electron chi connectivity index (χ1n) is 7.23. The molecule has 6 heteroatoms. The second-order valence-corrected chi connectivity index (χ2v) is 7.06. The second kappa shape index (κ2) is 7.39. The van der Waals surface area contributed by atoms with E-state index in [1.54, 1.807) is 12.1 Å². The molecule has 0 fully saturated rings. The largest absolute Gasteiger partial charge is 0.481 e. The fourth-order valence-corrected chi connectivity index (χ4v) is 3.16. The van der Waals surface area contributed by atoms with Crippen LogP contribution in [0.15, 0.2) is 53.4 Å². The highest BCUT2D eigenvalue weighted by Crippen LogP contribution is 2.13. The van der Waals surface area contributed by atoms with E-state index in [0.29, 0.717) is 6.42 Å². The number of aryl methyl sites for hydroxylation is 2. The topological polar surface area (TPSA) is 83.5 Å². The lowest BCUT2D eigenvalue weighted by atomic mass is 10.1. The van der Waals surface area contributed by atoms with Crippen molar-refractivity contribution < 1.29 is 18.3 Å². The molecule has 122 valence electrons. The van der Waals surface area contributed by atoms with Gasteiger partial charge in [-0.2, -0.15) is 0 Å². The summed E-state index contributed by atoms with van der Waals surface area (Å²) in [4.78, 5) is 10.7. The molecule has 0 aliphatic rings. The minimum Gasteiger partial charge on any atom is -0.481 e. The predicted octanol–water partition coefficient (Wildman–Crippen LogP) is 2.49. The summed E-state index contributed by atoms with van der Waals surface area (Å²) in [7, 11) is -3.59. The fourth-order valence-electron chi connectivity index (χ4n) is 2.15. The maximum absolute atomic E-state index is 12.3. The number of carboxylic acids is 1. The summed E-state index contributed by atoms with van der Waals surface area (Å²) in [5.41, 5.74) is 2.75. The van der Waals surface area contributed by atoms with Gasteiger partial charge in [0.2, 0.25) is 10.0 Å². The molecule has 0 bridgehead atoms. The summed E-state index contributed by atoms with van der Waals surface area (Å²) in [5, 5.41) is 8.65. The summed E-state index contributed by atoms with van der Waals surface area (Å²) in [6.07, 6.45) is 0.407. The lowest BCUT2D eigenvalue weighted by Crippen LogP contribution is -2.23. The lowest BCUT2D eigenvalue weighted by molar-refractivity contribution is -0.136. The zero-order chi connectivity index (χ0) is 16.9. The molecule has 0 radical (unpaired) electrons. The Labute approximate surface area is 136 Å². The van der Waals surface area contributed by atoms with Crippen LogP contribution in [-0.4, -0.2) is 19.5 Å². The highest BCUT2D eigenvalue weighted by molar-refractivity contribution is 7.89. The molecule has 2 aromatic rings. The van der Waals surface area contributed by atoms with Gasteiger partial charge < -0.3 is 5.11 Å². The van der Waals surface area contributed by atoms with Crippen molar-refractivity contribution in [3.8, 4) is 0 Å². The predicted molar refractivity (Wildman–Crippen MR) is 87.6 cm³/mol. The summed E-state index contributed by atoms with van der Waals surface area (Å²) >= 11 is 0. The van der Waals surface area contributed by atoms with Crippen molar-refractivity contribution in [3.63, 3.8) is 0 Å². The van der Waals surface area contributed by atoms with Gasteiger partial charge in [0, 0.05) is 13.0 Å². The van der Waals surface area contributed by atoms with Crippen LogP contribution in [0, 0.1) is 6.92 Å². The molecule has 0 saturated heterocycles. The Hall–Kier alpha value is -2.18. The first kappa shape index (κ1) is 17.2. The monoisotopic (exact) mass is 333 g/mol. The third-order valence-electron chi connectivity index (χ3n) is 3.58. The van der Waals surface area contributed by atoms with Crippen molar-refractivity contribution in [2.45, 2.75) is 31.2 Å². The molecule has 0 atom stereocenters. The Morgan fingerprint density at radius 3 is 2.35 bits per heavy atom. The number of hydrogen-bond donors (Lipinski definition) is 2. The van der Waals surface area contributed by atoms with Gasteiger partial charge in [-0.15, -0.1) is 0 Å². The molecule has 5 nitrogen and oxygen atoms in total. The van der Waals surface area contributed by atoms with Gasteiger partial charge in [0.15, 0.2) is 0 Å². The normalized spacial score (nSPS) is 11.3. The summed E-state index contributed by atoms with van der Waals surface area (Å²) in [6, 6.07) is 13.9. The summed E-state index contributed by atoms with van der Waals surface area (Å²) in [6.45, 7) is 2.16. The van der Waals surface area contributed by atoms with Gasteiger partial charge in [0.05, 0.1) is 4.90 Å². The van der Waals surface area contributed by atoms with Gasteiger partial charge in [-0.05, 0) is 42.2 Å². The molecule has 0 aliphatic carbocycles. The Balaban J connectivity index is 2.04. The second-order valence-electron chi connectivity index (χ2n) is 5.29. The molecule has 0 saturated carbocycles. The van der Waals surface area contributed by atoms with E-state index < -0.39 is 16.0 Å². The van der Waals surface area contributed by atoms with E-state index >= 15 is 0 Å². The van der Waals surface area contributed by atoms with E-state index in [1.165, 1.54) is 12.1 Å². The molecule has 0 unspecified atom stereocenters. The molecular formula is C17H19NO4S. The van der Waals surface area contributed by atoms with E-state index in [2.05, 4.69) is 4.72 Å². The molecule has 0 amide bonds. The van der Waals surface area contributed by atoms with Gasteiger partial charge >= 0.3 is 5.97 Å². The number of nitrogens with one attached hydrogen (secondary N) is 1.